The molecule has 0 amide bonds. The number of ether oxygens (including phenoxy) is 2. The Hall–Kier alpha value is -1.41. The summed E-state index contributed by atoms with van der Waals surface area (Å²) < 4.78 is 25.2. The molecule has 6 nitrogen and oxygen atoms in total. The molecule has 0 atom stereocenters. The molecule has 2 aliphatic heterocycles. The van der Waals surface area contributed by atoms with Crippen molar-refractivity contribution in [3.05, 3.63) is 34.6 Å². The highest BCUT2D eigenvalue weighted by Gasteiger charge is 2.21. The zero-order valence-electron chi connectivity index (χ0n) is 17.9. The van der Waals surface area contributed by atoms with Crippen molar-refractivity contribution in [3.63, 3.8) is 0 Å². The number of halogens is 2. The van der Waals surface area contributed by atoms with E-state index in [1.165, 1.54) is 6.07 Å². The molecule has 168 valence electrons. The van der Waals surface area contributed by atoms with E-state index in [0.717, 1.165) is 84.4 Å². The summed E-state index contributed by atoms with van der Waals surface area (Å²) in [4.78, 5) is 8.90. The maximum absolute atomic E-state index is 14.0. The van der Waals surface area contributed by atoms with Crippen molar-refractivity contribution in [2.75, 3.05) is 66.2 Å². The van der Waals surface area contributed by atoms with Gasteiger partial charge in [0.1, 0.15) is 5.82 Å². The number of guanidine groups is 1. The first kappa shape index (κ1) is 23.3. The van der Waals surface area contributed by atoms with E-state index in [2.05, 4.69) is 20.1 Å². The van der Waals surface area contributed by atoms with Crippen LogP contribution in [0.4, 0.5) is 4.39 Å². The molecule has 0 bridgehead atoms. The van der Waals surface area contributed by atoms with Crippen LogP contribution in [0.25, 0.3) is 0 Å². The molecule has 0 saturated carbocycles. The molecule has 3 rings (SSSR count). The largest absolute Gasteiger partial charge is 0.381 e. The van der Waals surface area contributed by atoms with Gasteiger partial charge in [-0.15, -0.1) is 0 Å². The van der Waals surface area contributed by atoms with E-state index in [1.807, 2.05) is 7.05 Å². The molecule has 1 aromatic carbocycles. The molecule has 2 fully saturated rings. The summed E-state index contributed by atoms with van der Waals surface area (Å²) in [6.07, 6.45) is 3.17. The Morgan fingerprint density at radius 2 is 2.03 bits per heavy atom. The highest BCUT2D eigenvalue weighted by molar-refractivity contribution is 6.31. The number of hydrogen-bond acceptors (Lipinski definition) is 4. The van der Waals surface area contributed by atoms with E-state index in [1.54, 1.807) is 12.1 Å². The summed E-state index contributed by atoms with van der Waals surface area (Å²) in [5.74, 6) is 1.33. The summed E-state index contributed by atoms with van der Waals surface area (Å²) >= 11 is 6.17. The van der Waals surface area contributed by atoms with Crippen LogP contribution in [-0.2, 0) is 16.0 Å². The molecule has 0 radical (unpaired) electrons. The van der Waals surface area contributed by atoms with Gasteiger partial charge >= 0.3 is 0 Å². The van der Waals surface area contributed by atoms with Crippen molar-refractivity contribution in [2.24, 2.45) is 10.9 Å². The minimum Gasteiger partial charge on any atom is -0.381 e. The number of rotatable bonds is 8. The van der Waals surface area contributed by atoms with Gasteiger partial charge in [0, 0.05) is 83.3 Å². The van der Waals surface area contributed by atoms with Crippen molar-refractivity contribution in [1.82, 2.24) is 15.1 Å². The van der Waals surface area contributed by atoms with Gasteiger partial charge in [0.25, 0.3) is 0 Å². The second kappa shape index (κ2) is 12.4. The van der Waals surface area contributed by atoms with Crippen LogP contribution in [0.15, 0.2) is 23.2 Å². The number of nitrogens with zero attached hydrogens (tertiary/aromatic N) is 3. The fourth-order valence-corrected chi connectivity index (χ4v) is 4.12. The van der Waals surface area contributed by atoms with Crippen LogP contribution >= 0.6 is 11.6 Å². The molecule has 0 unspecified atom stereocenters. The van der Waals surface area contributed by atoms with Gasteiger partial charge in [-0.25, -0.2) is 4.39 Å². The predicted octanol–water partition coefficient (Wildman–Crippen LogP) is 3.01. The molecular formula is C22H34ClFN4O2. The molecule has 0 aliphatic carbocycles. The maximum Gasteiger partial charge on any atom is 0.193 e. The van der Waals surface area contributed by atoms with Crippen molar-refractivity contribution >= 4 is 17.6 Å². The average Bonchev–Trinajstić information content (AvgIpc) is 2.77. The molecule has 1 aromatic rings. The summed E-state index contributed by atoms with van der Waals surface area (Å²) in [6, 6.07) is 4.86. The summed E-state index contributed by atoms with van der Waals surface area (Å²) in [7, 11) is 1.81. The highest BCUT2D eigenvalue weighted by Crippen LogP contribution is 2.21. The van der Waals surface area contributed by atoms with Gasteiger partial charge in [0.2, 0.25) is 0 Å². The zero-order chi connectivity index (χ0) is 21.2. The standard InChI is InChI=1S/C22H34ClFN4O2/c1-25-22(26-8-3-13-30-17-18-6-14-29-15-7-18)28-11-9-27(10-12-28)16-19-20(23)4-2-5-21(19)24/h2,4-5,18H,3,6-17H2,1H3,(H,25,26). The Bertz CT molecular complexity index is 657. The molecule has 2 aliphatic rings. The van der Waals surface area contributed by atoms with Crippen LogP contribution in [0.3, 0.4) is 0 Å². The van der Waals surface area contributed by atoms with E-state index in [-0.39, 0.29) is 5.82 Å². The van der Waals surface area contributed by atoms with Gasteiger partial charge in [0.15, 0.2) is 5.96 Å². The molecule has 30 heavy (non-hydrogen) atoms. The van der Waals surface area contributed by atoms with Gasteiger partial charge in [0.05, 0.1) is 0 Å². The van der Waals surface area contributed by atoms with Crippen LogP contribution in [-0.4, -0.2) is 82.0 Å². The first-order valence-corrected chi connectivity index (χ1v) is 11.3. The van der Waals surface area contributed by atoms with Gasteiger partial charge in [-0.1, -0.05) is 17.7 Å². The van der Waals surface area contributed by atoms with Crippen LogP contribution < -0.4 is 5.32 Å². The predicted molar refractivity (Wildman–Crippen MR) is 119 cm³/mol. The van der Waals surface area contributed by atoms with Crippen LogP contribution in [0.1, 0.15) is 24.8 Å². The summed E-state index contributed by atoms with van der Waals surface area (Å²) in [6.45, 7) is 8.11. The third kappa shape index (κ3) is 7.08. The molecule has 0 aromatic heterocycles. The molecule has 0 spiro atoms. The topological polar surface area (TPSA) is 49.3 Å². The lowest BCUT2D eigenvalue weighted by Gasteiger charge is -2.36. The summed E-state index contributed by atoms with van der Waals surface area (Å²) in [5.41, 5.74) is 0.580. The third-order valence-electron chi connectivity index (χ3n) is 5.77. The van der Waals surface area contributed by atoms with Crippen molar-refractivity contribution in [2.45, 2.75) is 25.8 Å². The van der Waals surface area contributed by atoms with E-state index in [9.17, 15) is 4.39 Å². The first-order valence-electron chi connectivity index (χ1n) is 10.9. The van der Waals surface area contributed by atoms with Gasteiger partial charge in [-0.3, -0.25) is 9.89 Å². The van der Waals surface area contributed by atoms with Crippen LogP contribution in [0.2, 0.25) is 5.02 Å². The number of piperazine rings is 1. The van der Waals surface area contributed by atoms with Gasteiger partial charge in [-0.2, -0.15) is 0 Å². The van der Waals surface area contributed by atoms with E-state index >= 15 is 0 Å². The first-order chi connectivity index (χ1) is 14.7. The third-order valence-corrected chi connectivity index (χ3v) is 6.12. The molecule has 1 N–H and O–H groups in total. The van der Waals surface area contributed by atoms with Gasteiger partial charge in [-0.05, 0) is 37.3 Å². The molecule has 8 heteroatoms. The molecule has 2 heterocycles. The summed E-state index contributed by atoms with van der Waals surface area (Å²) in [5, 5.41) is 3.93. The van der Waals surface area contributed by atoms with E-state index < -0.39 is 0 Å². The zero-order valence-corrected chi connectivity index (χ0v) is 18.7. The fourth-order valence-electron chi connectivity index (χ4n) is 3.89. The Labute approximate surface area is 184 Å². The average molecular weight is 441 g/mol. The van der Waals surface area contributed by atoms with Crippen molar-refractivity contribution < 1.29 is 13.9 Å². The molecular weight excluding hydrogens is 407 g/mol. The van der Waals surface area contributed by atoms with Crippen molar-refractivity contribution in [1.29, 1.82) is 0 Å². The van der Waals surface area contributed by atoms with Crippen molar-refractivity contribution in [3.8, 4) is 0 Å². The number of nitrogens with one attached hydrogen (secondary N) is 1. The number of hydrogen-bond donors (Lipinski definition) is 1. The van der Waals surface area contributed by atoms with E-state index in [4.69, 9.17) is 21.1 Å². The minimum absolute atomic E-state index is 0.235. The SMILES string of the molecule is CN=C(NCCCOCC1CCOCC1)N1CCN(Cc2c(F)cccc2Cl)CC1. The van der Waals surface area contributed by atoms with E-state index in [0.29, 0.717) is 23.0 Å². The molecule has 2 saturated heterocycles. The monoisotopic (exact) mass is 440 g/mol. The smallest absolute Gasteiger partial charge is 0.193 e. The number of aliphatic imine (C=N–C) groups is 1. The lowest BCUT2D eigenvalue weighted by atomic mass is 10.0. The Balaban J connectivity index is 1.31. The van der Waals surface area contributed by atoms with Crippen LogP contribution in [0.5, 0.6) is 0 Å². The lowest BCUT2D eigenvalue weighted by molar-refractivity contribution is 0.0203. The maximum atomic E-state index is 14.0. The Kier molecular flexibility index (Phi) is 9.65. The highest BCUT2D eigenvalue weighted by atomic mass is 35.5. The quantitative estimate of drug-likeness (QED) is 0.382. The minimum atomic E-state index is -0.235. The second-order valence-electron chi connectivity index (χ2n) is 7.92. The van der Waals surface area contributed by atoms with Gasteiger partial charge < -0.3 is 19.7 Å². The van der Waals surface area contributed by atoms with Crippen LogP contribution in [0, 0.1) is 11.7 Å². The normalized spacial score (nSPS) is 19.3. The Morgan fingerprint density at radius 1 is 1.27 bits per heavy atom. The fraction of sp³-hybridized carbons (Fsp3) is 0.682. The Morgan fingerprint density at radius 3 is 2.73 bits per heavy atom. The lowest BCUT2D eigenvalue weighted by Crippen LogP contribution is -2.52. The second-order valence-corrected chi connectivity index (χ2v) is 8.33. The number of benzene rings is 1.